The molecule has 0 aromatic rings. The number of allylic oxidation sites excluding steroid dienone is 2. The summed E-state index contributed by atoms with van der Waals surface area (Å²) < 4.78 is 5.95. The predicted molar refractivity (Wildman–Crippen MR) is 57.7 cm³/mol. The van der Waals surface area contributed by atoms with Crippen LogP contribution in [0, 0.1) is 0 Å². The number of rotatable bonds is 2. The van der Waals surface area contributed by atoms with E-state index in [4.69, 9.17) is 4.43 Å². The second-order valence-corrected chi connectivity index (χ2v) is 9.49. The van der Waals surface area contributed by atoms with Gasteiger partial charge in [0.05, 0.1) is 5.76 Å². The van der Waals surface area contributed by atoms with Crippen molar-refractivity contribution in [2.75, 3.05) is 0 Å². The van der Waals surface area contributed by atoms with Crippen molar-refractivity contribution in [3.8, 4) is 0 Å². The molecule has 0 saturated carbocycles. The van der Waals surface area contributed by atoms with Crippen molar-refractivity contribution in [2.24, 2.45) is 0 Å². The van der Waals surface area contributed by atoms with Crippen LogP contribution >= 0.6 is 0 Å². The van der Waals surface area contributed by atoms with E-state index in [2.05, 4.69) is 33.9 Å². The highest BCUT2D eigenvalue weighted by Gasteiger charge is 2.38. The Hall–Kier alpha value is -0.243. The van der Waals surface area contributed by atoms with E-state index in [0.717, 1.165) is 5.76 Å². The van der Waals surface area contributed by atoms with Gasteiger partial charge in [0.25, 0.3) is 0 Å². The van der Waals surface area contributed by atoms with Crippen LogP contribution in [0.4, 0.5) is 0 Å². The van der Waals surface area contributed by atoms with Crippen molar-refractivity contribution in [1.82, 2.24) is 0 Å². The SMILES string of the molecule is C/C=C(/C)O[Si](C)(C)C(C)(C)C. The maximum absolute atomic E-state index is 5.95. The van der Waals surface area contributed by atoms with Crippen LogP contribution in [0.1, 0.15) is 34.6 Å². The molecule has 0 N–H and O–H groups in total. The molecule has 0 bridgehead atoms. The minimum atomic E-state index is -1.56. The lowest BCUT2D eigenvalue weighted by Crippen LogP contribution is -2.40. The summed E-state index contributed by atoms with van der Waals surface area (Å²) >= 11 is 0. The minimum Gasteiger partial charge on any atom is -0.547 e. The van der Waals surface area contributed by atoms with Crippen LogP contribution < -0.4 is 0 Å². The summed E-state index contributed by atoms with van der Waals surface area (Å²) in [7, 11) is -1.56. The lowest BCUT2D eigenvalue weighted by atomic mass is 10.2. The lowest BCUT2D eigenvalue weighted by molar-refractivity contribution is 0.385. The molecular formula is C10H22OSi. The highest BCUT2D eigenvalue weighted by Crippen LogP contribution is 2.37. The van der Waals surface area contributed by atoms with E-state index >= 15 is 0 Å². The van der Waals surface area contributed by atoms with Crippen LogP contribution in [0.2, 0.25) is 18.1 Å². The van der Waals surface area contributed by atoms with Crippen LogP contribution in [-0.2, 0) is 4.43 Å². The topological polar surface area (TPSA) is 9.23 Å². The van der Waals surface area contributed by atoms with Crippen molar-refractivity contribution in [1.29, 1.82) is 0 Å². The second kappa shape index (κ2) is 3.65. The molecule has 0 atom stereocenters. The fourth-order valence-corrected chi connectivity index (χ4v) is 1.84. The third-order valence-corrected chi connectivity index (χ3v) is 7.07. The first-order valence-corrected chi connectivity index (χ1v) is 7.43. The molecule has 0 radical (unpaired) electrons. The maximum Gasteiger partial charge on any atom is 0.250 e. The quantitative estimate of drug-likeness (QED) is 0.469. The first-order valence-electron chi connectivity index (χ1n) is 4.52. The van der Waals surface area contributed by atoms with Gasteiger partial charge in [-0.2, -0.15) is 0 Å². The smallest absolute Gasteiger partial charge is 0.250 e. The van der Waals surface area contributed by atoms with E-state index < -0.39 is 8.32 Å². The zero-order valence-electron chi connectivity index (χ0n) is 9.49. The van der Waals surface area contributed by atoms with Gasteiger partial charge in [-0.25, -0.2) is 0 Å². The van der Waals surface area contributed by atoms with E-state index in [1.165, 1.54) is 0 Å². The second-order valence-electron chi connectivity index (χ2n) is 4.76. The third kappa shape index (κ3) is 3.01. The minimum absolute atomic E-state index is 0.303. The summed E-state index contributed by atoms with van der Waals surface area (Å²) in [6.07, 6.45) is 2.03. The maximum atomic E-state index is 5.95. The summed E-state index contributed by atoms with van der Waals surface area (Å²) in [4.78, 5) is 0. The molecule has 0 rings (SSSR count). The first-order chi connectivity index (χ1) is 5.20. The Morgan fingerprint density at radius 2 is 1.67 bits per heavy atom. The van der Waals surface area contributed by atoms with Crippen LogP contribution in [0.25, 0.3) is 0 Å². The molecule has 0 aliphatic rings. The monoisotopic (exact) mass is 186 g/mol. The van der Waals surface area contributed by atoms with Crippen LogP contribution in [0.15, 0.2) is 11.8 Å². The van der Waals surface area contributed by atoms with Gasteiger partial charge in [-0.15, -0.1) is 0 Å². The average molecular weight is 186 g/mol. The summed E-state index contributed by atoms with van der Waals surface area (Å²) in [6, 6.07) is 0. The van der Waals surface area contributed by atoms with E-state index in [0.29, 0.717) is 5.04 Å². The molecule has 0 heterocycles. The summed E-state index contributed by atoms with van der Waals surface area (Å²) in [6.45, 7) is 15.3. The Morgan fingerprint density at radius 3 is 1.92 bits per heavy atom. The Balaban J connectivity index is 4.44. The van der Waals surface area contributed by atoms with Gasteiger partial charge < -0.3 is 4.43 Å². The van der Waals surface area contributed by atoms with Gasteiger partial charge in [0.15, 0.2) is 0 Å². The van der Waals surface area contributed by atoms with Crippen LogP contribution in [-0.4, -0.2) is 8.32 Å². The molecule has 12 heavy (non-hydrogen) atoms. The molecule has 0 aromatic carbocycles. The number of hydrogen-bond donors (Lipinski definition) is 0. The third-order valence-electron chi connectivity index (χ3n) is 2.63. The van der Waals surface area contributed by atoms with Crippen molar-refractivity contribution in [3.63, 3.8) is 0 Å². The zero-order valence-corrected chi connectivity index (χ0v) is 10.5. The fourth-order valence-electron chi connectivity index (χ4n) is 0.614. The standard InChI is InChI=1S/C10H22OSi/c1-8-9(2)11-12(6,7)10(3,4)5/h8H,1-7H3/b9-8-. The fraction of sp³-hybridized carbons (Fsp3) is 0.800. The van der Waals surface area contributed by atoms with Gasteiger partial charge in [-0.1, -0.05) is 26.8 Å². The summed E-state index contributed by atoms with van der Waals surface area (Å²) in [5.74, 6) is 1.06. The Bertz CT molecular complexity index is 175. The molecule has 0 aromatic heterocycles. The van der Waals surface area contributed by atoms with Crippen molar-refractivity contribution >= 4 is 8.32 Å². The van der Waals surface area contributed by atoms with Crippen molar-refractivity contribution in [3.05, 3.63) is 11.8 Å². The van der Waals surface area contributed by atoms with E-state index in [9.17, 15) is 0 Å². The van der Waals surface area contributed by atoms with Gasteiger partial charge in [0.2, 0.25) is 8.32 Å². The molecule has 72 valence electrons. The molecular weight excluding hydrogens is 164 g/mol. The molecule has 0 unspecified atom stereocenters. The molecule has 0 aliphatic carbocycles. The van der Waals surface area contributed by atoms with Gasteiger partial charge in [0, 0.05) is 0 Å². The average Bonchev–Trinajstić information content (AvgIpc) is 1.84. The largest absolute Gasteiger partial charge is 0.547 e. The Labute approximate surface area is 78.0 Å². The number of hydrogen-bond acceptors (Lipinski definition) is 1. The van der Waals surface area contributed by atoms with E-state index in [1.54, 1.807) is 0 Å². The lowest BCUT2D eigenvalue weighted by Gasteiger charge is -2.36. The molecule has 0 saturated heterocycles. The van der Waals surface area contributed by atoms with Crippen LogP contribution in [0.3, 0.4) is 0 Å². The normalized spacial score (nSPS) is 14.8. The van der Waals surface area contributed by atoms with Crippen molar-refractivity contribution in [2.45, 2.75) is 52.8 Å². The van der Waals surface area contributed by atoms with E-state index in [-0.39, 0.29) is 0 Å². The molecule has 0 amide bonds. The highest BCUT2D eigenvalue weighted by molar-refractivity contribution is 6.74. The molecule has 2 heteroatoms. The van der Waals surface area contributed by atoms with Gasteiger partial charge in [0.1, 0.15) is 0 Å². The van der Waals surface area contributed by atoms with Crippen LogP contribution in [0.5, 0.6) is 0 Å². The van der Waals surface area contributed by atoms with Gasteiger partial charge in [-0.3, -0.25) is 0 Å². The summed E-state index contributed by atoms with van der Waals surface area (Å²) in [5, 5.41) is 0.303. The molecule has 0 aliphatic heterocycles. The first kappa shape index (κ1) is 11.8. The zero-order chi connectivity index (χ0) is 9.99. The van der Waals surface area contributed by atoms with E-state index in [1.807, 2.05) is 19.9 Å². The Kier molecular flexibility index (Phi) is 3.57. The van der Waals surface area contributed by atoms with Gasteiger partial charge in [-0.05, 0) is 32.0 Å². The summed E-state index contributed by atoms with van der Waals surface area (Å²) in [5.41, 5.74) is 0. The molecule has 1 nitrogen and oxygen atoms in total. The molecule has 0 fully saturated rings. The van der Waals surface area contributed by atoms with Crippen molar-refractivity contribution < 1.29 is 4.43 Å². The molecule has 0 spiro atoms. The Morgan fingerprint density at radius 1 is 1.25 bits per heavy atom. The predicted octanol–water partition coefficient (Wildman–Crippen LogP) is 3.93. The highest BCUT2D eigenvalue weighted by atomic mass is 28.4. The van der Waals surface area contributed by atoms with Gasteiger partial charge >= 0.3 is 0 Å².